The molecule has 0 unspecified atom stereocenters. The van der Waals surface area contributed by atoms with Crippen LogP contribution in [0.2, 0.25) is 0 Å². The molecule has 0 aliphatic heterocycles. The fourth-order valence-electron chi connectivity index (χ4n) is 1.24. The second-order valence-electron chi connectivity index (χ2n) is 3.20. The summed E-state index contributed by atoms with van der Waals surface area (Å²) in [5.41, 5.74) is 0.0847. The molecule has 0 atom stereocenters. The molecule has 17 heavy (non-hydrogen) atoms. The average molecular weight is 248 g/mol. The lowest BCUT2D eigenvalue weighted by atomic mass is 10.2. The maximum Gasteiger partial charge on any atom is 0.353 e. The molecule has 0 saturated heterocycles. The van der Waals surface area contributed by atoms with Gasteiger partial charge in [-0.25, -0.2) is 9.59 Å². The number of hydrogen-bond donors (Lipinski definition) is 1. The van der Waals surface area contributed by atoms with Gasteiger partial charge < -0.3 is 9.84 Å². The van der Waals surface area contributed by atoms with Crippen molar-refractivity contribution in [1.82, 2.24) is 0 Å². The fourth-order valence-corrected chi connectivity index (χ4v) is 1.84. The Kier molecular flexibility index (Phi) is 3.20. The molecule has 0 radical (unpaired) electrons. The number of carbonyl (C=O) groups excluding carboxylic acids is 1. The summed E-state index contributed by atoms with van der Waals surface area (Å²) in [6.07, 6.45) is 0. The molecule has 4 nitrogen and oxygen atoms in total. The van der Waals surface area contributed by atoms with Crippen molar-refractivity contribution in [3.63, 3.8) is 0 Å². The zero-order valence-corrected chi connectivity index (χ0v) is 9.44. The number of rotatable bonds is 3. The van der Waals surface area contributed by atoms with Crippen LogP contribution in [0.4, 0.5) is 0 Å². The number of carbonyl (C=O) groups is 2. The summed E-state index contributed by atoms with van der Waals surface area (Å²) in [5.74, 6) is -1.31. The highest BCUT2D eigenvalue weighted by atomic mass is 32.1. The first kappa shape index (κ1) is 11.3. The summed E-state index contributed by atoms with van der Waals surface area (Å²) in [4.78, 5) is 22.8. The molecule has 0 amide bonds. The van der Waals surface area contributed by atoms with Gasteiger partial charge in [0.05, 0.1) is 5.56 Å². The van der Waals surface area contributed by atoms with Crippen LogP contribution in [0, 0.1) is 0 Å². The molecule has 1 aromatic heterocycles. The monoisotopic (exact) mass is 248 g/mol. The van der Waals surface area contributed by atoms with Crippen LogP contribution >= 0.6 is 11.3 Å². The van der Waals surface area contributed by atoms with E-state index in [1.54, 1.807) is 17.5 Å². The van der Waals surface area contributed by atoms with Gasteiger partial charge in [0, 0.05) is 0 Å². The fraction of sp³-hybridized carbons (Fsp3) is 0. The zero-order chi connectivity index (χ0) is 12.3. The van der Waals surface area contributed by atoms with E-state index in [9.17, 15) is 9.59 Å². The minimum atomic E-state index is -1.06. The molecule has 0 fully saturated rings. The summed E-state index contributed by atoms with van der Waals surface area (Å²) in [6.45, 7) is 0. The number of benzene rings is 1. The largest absolute Gasteiger partial charge is 0.478 e. The SMILES string of the molecule is O=C(O)c1cccc(OC(=O)c2cccs2)c1. The van der Waals surface area contributed by atoms with Gasteiger partial charge in [0.25, 0.3) is 0 Å². The van der Waals surface area contributed by atoms with Gasteiger partial charge >= 0.3 is 11.9 Å². The lowest BCUT2D eigenvalue weighted by Gasteiger charge is -2.03. The van der Waals surface area contributed by atoms with E-state index < -0.39 is 11.9 Å². The van der Waals surface area contributed by atoms with Gasteiger partial charge in [0.1, 0.15) is 10.6 Å². The Hall–Kier alpha value is -2.14. The van der Waals surface area contributed by atoms with E-state index in [2.05, 4.69) is 0 Å². The highest BCUT2D eigenvalue weighted by Crippen LogP contribution is 2.17. The molecular weight excluding hydrogens is 240 g/mol. The predicted molar refractivity (Wildman–Crippen MR) is 62.7 cm³/mol. The topological polar surface area (TPSA) is 63.6 Å². The molecule has 2 rings (SSSR count). The zero-order valence-electron chi connectivity index (χ0n) is 8.62. The maximum atomic E-state index is 11.6. The van der Waals surface area contributed by atoms with Gasteiger partial charge in [-0.15, -0.1) is 11.3 Å². The van der Waals surface area contributed by atoms with Crippen LogP contribution < -0.4 is 4.74 Å². The van der Waals surface area contributed by atoms with Crippen molar-refractivity contribution in [1.29, 1.82) is 0 Å². The standard InChI is InChI=1S/C12H8O4S/c13-11(14)8-3-1-4-9(7-8)16-12(15)10-5-2-6-17-10/h1-7H,(H,13,14). The van der Waals surface area contributed by atoms with Gasteiger partial charge in [0.2, 0.25) is 0 Å². The lowest BCUT2D eigenvalue weighted by Crippen LogP contribution is -2.07. The number of ether oxygens (including phenoxy) is 1. The van der Waals surface area contributed by atoms with Crippen LogP contribution in [0.5, 0.6) is 5.75 Å². The Labute approximate surface area is 101 Å². The first-order valence-corrected chi connectivity index (χ1v) is 5.64. The van der Waals surface area contributed by atoms with E-state index in [0.717, 1.165) is 0 Å². The third-order valence-electron chi connectivity index (χ3n) is 2.01. The molecule has 0 bridgehead atoms. The van der Waals surface area contributed by atoms with Gasteiger partial charge in [0.15, 0.2) is 0 Å². The maximum absolute atomic E-state index is 11.6. The van der Waals surface area contributed by atoms with Crippen molar-refractivity contribution in [3.05, 3.63) is 52.2 Å². The van der Waals surface area contributed by atoms with Crippen LogP contribution in [0.15, 0.2) is 41.8 Å². The third-order valence-corrected chi connectivity index (χ3v) is 2.86. The number of hydrogen-bond acceptors (Lipinski definition) is 4. The Morgan fingerprint density at radius 1 is 1.18 bits per heavy atom. The van der Waals surface area contributed by atoms with E-state index in [1.165, 1.54) is 35.6 Å². The molecule has 5 heteroatoms. The summed E-state index contributed by atoms with van der Waals surface area (Å²) in [7, 11) is 0. The summed E-state index contributed by atoms with van der Waals surface area (Å²) in [5, 5.41) is 10.6. The Bertz CT molecular complexity index is 545. The van der Waals surface area contributed by atoms with Crippen molar-refractivity contribution < 1.29 is 19.4 Å². The van der Waals surface area contributed by atoms with Crippen molar-refractivity contribution >= 4 is 23.3 Å². The molecule has 1 aromatic carbocycles. The molecule has 0 aliphatic rings. The molecule has 86 valence electrons. The average Bonchev–Trinajstić information content (AvgIpc) is 2.82. The van der Waals surface area contributed by atoms with Gasteiger partial charge in [-0.1, -0.05) is 12.1 Å². The summed E-state index contributed by atoms with van der Waals surface area (Å²) < 4.78 is 5.06. The Morgan fingerprint density at radius 3 is 2.65 bits per heavy atom. The quantitative estimate of drug-likeness (QED) is 0.670. The smallest absolute Gasteiger partial charge is 0.353 e. The van der Waals surface area contributed by atoms with E-state index in [-0.39, 0.29) is 11.3 Å². The van der Waals surface area contributed by atoms with E-state index in [1.807, 2.05) is 0 Å². The molecule has 0 saturated carbocycles. The second kappa shape index (κ2) is 4.80. The minimum Gasteiger partial charge on any atom is -0.478 e. The minimum absolute atomic E-state index is 0.0847. The summed E-state index contributed by atoms with van der Waals surface area (Å²) >= 11 is 1.27. The molecule has 1 N–H and O–H groups in total. The van der Waals surface area contributed by atoms with E-state index in [4.69, 9.17) is 9.84 Å². The molecular formula is C12H8O4S. The van der Waals surface area contributed by atoms with E-state index in [0.29, 0.717) is 4.88 Å². The van der Waals surface area contributed by atoms with Crippen LogP contribution in [0.1, 0.15) is 20.0 Å². The molecule has 0 aliphatic carbocycles. The molecule has 2 aromatic rings. The van der Waals surface area contributed by atoms with Crippen molar-refractivity contribution in [3.8, 4) is 5.75 Å². The van der Waals surface area contributed by atoms with Gasteiger partial charge in [-0.3, -0.25) is 0 Å². The Balaban J connectivity index is 2.16. The van der Waals surface area contributed by atoms with Crippen LogP contribution in [-0.2, 0) is 0 Å². The van der Waals surface area contributed by atoms with Crippen LogP contribution in [-0.4, -0.2) is 17.0 Å². The number of carboxylic acids is 1. The Morgan fingerprint density at radius 2 is 2.00 bits per heavy atom. The number of thiophene rings is 1. The highest BCUT2D eigenvalue weighted by molar-refractivity contribution is 7.12. The number of aromatic carboxylic acids is 1. The third kappa shape index (κ3) is 2.70. The van der Waals surface area contributed by atoms with Crippen LogP contribution in [0.25, 0.3) is 0 Å². The van der Waals surface area contributed by atoms with Crippen molar-refractivity contribution in [2.24, 2.45) is 0 Å². The first-order chi connectivity index (χ1) is 8.16. The number of esters is 1. The first-order valence-electron chi connectivity index (χ1n) is 4.76. The highest BCUT2D eigenvalue weighted by Gasteiger charge is 2.10. The lowest BCUT2D eigenvalue weighted by molar-refractivity contribution is 0.0688. The molecule has 0 spiro atoms. The van der Waals surface area contributed by atoms with E-state index >= 15 is 0 Å². The molecule has 1 heterocycles. The second-order valence-corrected chi connectivity index (χ2v) is 4.15. The van der Waals surface area contributed by atoms with Crippen molar-refractivity contribution in [2.45, 2.75) is 0 Å². The van der Waals surface area contributed by atoms with Crippen molar-refractivity contribution in [2.75, 3.05) is 0 Å². The normalized spacial score (nSPS) is 9.88. The van der Waals surface area contributed by atoms with Gasteiger partial charge in [-0.2, -0.15) is 0 Å². The van der Waals surface area contributed by atoms with Crippen LogP contribution in [0.3, 0.4) is 0 Å². The summed E-state index contributed by atoms with van der Waals surface area (Å²) in [6, 6.07) is 9.21. The predicted octanol–water partition coefficient (Wildman–Crippen LogP) is 2.67. The number of carboxylic acid groups (broad SMARTS) is 1. The van der Waals surface area contributed by atoms with Gasteiger partial charge in [-0.05, 0) is 29.6 Å².